The maximum atomic E-state index is 11.9. The Morgan fingerprint density at radius 2 is 2.11 bits per heavy atom. The molecule has 0 aliphatic carbocycles. The number of nitrogens with one attached hydrogen (secondary N) is 1. The second kappa shape index (κ2) is 5.53. The normalized spacial score (nSPS) is 27.9. The minimum atomic E-state index is -0.547. The zero-order valence-corrected chi connectivity index (χ0v) is 11.1. The molecule has 1 fully saturated rings. The molecule has 0 amide bonds. The van der Waals surface area contributed by atoms with Crippen LogP contribution in [0.4, 0.5) is 0 Å². The molecule has 0 unspecified atom stereocenters. The Bertz CT molecular complexity index is 404. The summed E-state index contributed by atoms with van der Waals surface area (Å²) in [5, 5.41) is 3.46. The maximum Gasteiger partial charge on any atom is 0.326 e. The van der Waals surface area contributed by atoms with Crippen molar-refractivity contribution in [1.82, 2.24) is 5.32 Å². The summed E-state index contributed by atoms with van der Waals surface area (Å²) in [4.78, 5) is 11.9. The fourth-order valence-corrected chi connectivity index (χ4v) is 2.37. The number of morpholine rings is 1. The molecule has 1 aliphatic heterocycles. The average molecular weight is 247 g/mol. The van der Waals surface area contributed by atoms with Crippen LogP contribution < -0.4 is 5.32 Å². The molecule has 0 radical (unpaired) electrons. The number of rotatable bonds is 4. The van der Waals surface area contributed by atoms with Gasteiger partial charge in [0.25, 0.3) is 0 Å². The molecule has 1 aromatic rings. The van der Waals surface area contributed by atoms with Gasteiger partial charge in [-0.05, 0) is 18.9 Å². The summed E-state index contributed by atoms with van der Waals surface area (Å²) in [5.41, 5.74) is 0.627. The number of cyclic esters (lactones) is 1. The van der Waals surface area contributed by atoms with Gasteiger partial charge in [0.1, 0.15) is 12.1 Å². The van der Waals surface area contributed by atoms with Gasteiger partial charge in [-0.25, -0.2) is 0 Å². The predicted octanol–water partition coefficient (Wildman–Crippen LogP) is 2.82. The number of benzene rings is 1. The molecule has 0 aromatic heterocycles. The molecule has 0 bridgehead atoms. The Kier molecular flexibility index (Phi) is 4.02. The lowest BCUT2D eigenvalue weighted by Gasteiger charge is -2.38. The smallest absolute Gasteiger partial charge is 0.326 e. The SMILES string of the molecule is CCCC[C@@]1(C)N[C@H](c2ccccc2)COC1=O. The van der Waals surface area contributed by atoms with E-state index in [0.717, 1.165) is 19.3 Å². The Morgan fingerprint density at radius 3 is 2.78 bits per heavy atom. The van der Waals surface area contributed by atoms with Crippen LogP contribution in [0.5, 0.6) is 0 Å². The Balaban J connectivity index is 2.11. The molecular formula is C15H21NO2. The second-order valence-electron chi connectivity index (χ2n) is 5.14. The van der Waals surface area contributed by atoms with Gasteiger partial charge in [0.05, 0.1) is 6.04 Å². The topological polar surface area (TPSA) is 38.3 Å². The molecule has 2 rings (SSSR count). The van der Waals surface area contributed by atoms with Crippen LogP contribution >= 0.6 is 0 Å². The first kappa shape index (κ1) is 13.1. The van der Waals surface area contributed by atoms with E-state index in [2.05, 4.69) is 24.4 Å². The van der Waals surface area contributed by atoms with Gasteiger partial charge in [-0.2, -0.15) is 0 Å². The number of hydrogen-bond donors (Lipinski definition) is 1. The van der Waals surface area contributed by atoms with Gasteiger partial charge in [0, 0.05) is 0 Å². The molecule has 2 atom stereocenters. The third kappa shape index (κ3) is 2.72. The van der Waals surface area contributed by atoms with Crippen LogP contribution in [0, 0.1) is 0 Å². The molecular weight excluding hydrogens is 226 g/mol. The minimum absolute atomic E-state index is 0.103. The van der Waals surface area contributed by atoms with E-state index in [-0.39, 0.29) is 12.0 Å². The lowest BCUT2D eigenvalue weighted by molar-refractivity contribution is -0.158. The molecule has 0 spiro atoms. The molecule has 3 nitrogen and oxygen atoms in total. The van der Waals surface area contributed by atoms with Gasteiger partial charge in [0.2, 0.25) is 0 Å². The predicted molar refractivity (Wildman–Crippen MR) is 71.2 cm³/mol. The van der Waals surface area contributed by atoms with Crippen LogP contribution in [0.2, 0.25) is 0 Å². The summed E-state index contributed by atoms with van der Waals surface area (Å²) in [5.74, 6) is -0.122. The average Bonchev–Trinajstić information content (AvgIpc) is 2.41. The highest BCUT2D eigenvalue weighted by Gasteiger charge is 2.40. The zero-order chi connectivity index (χ0) is 13.0. The summed E-state index contributed by atoms with van der Waals surface area (Å²) in [6.07, 6.45) is 2.94. The van der Waals surface area contributed by atoms with Gasteiger partial charge in [0.15, 0.2) is 0 Å². The fraction of sp³-hybridized carbons (Fsp3) is 0.533. The van der Waals surface area contributed by atoms with E-state index < -0.39 is 5.54 Å². The zero-order valence-electron chi connectivity index (χ0n) is 11.1. The molecule has 3 heteroatoms. The van der Waals surface area contributed by atoms with Gasteiger partial charge in [-0.3, -0.25) is 10.1 Å². The van der Waals surface area contributed by atoms with Crippen LogP contribution in [0.25, 0.3) is 0 Å². The number of carbonyl (C=O) groups excluding carboxylic acids is 1. The van der Waals surface area contributed by atoms with Crippen molar-refractivity contribution in [2.75, 3.05) is 6.61 Å². The van der Waals surface area contributed by atoms with E-state index in [9.17, 15) is 4.79 Å². The van der Waals surface area contributed by atoms with Crippen LogP contribution in [0.15, 0.2) is 30.3 Å². The standard InChI is InChI=1S/C15H21NO2/c1-3-4-10-15(2)14(17)18-11-13(16-15)12-8-6-5-7-9-12/h5-9,13,16H,3-4,10-11H2,1-2H3/t13-,15+/m0/s1. The molecule has 1 N–H and O–H groups in total. The number of ether oxygens (including phenoxy) is 1. The van der Waals surface area contributed by atoms with Crippen LogP contribution in [-0.2, 0) is 9.53 Å². The van der Waals surface area contributed by atoms with E-state index in [0.29, 0.717) is 6.61 Å². The highest BCUT2D eigenvalue weighted by atomic mass is 16.5. The van der Waals surface area contributed by atoms with Gasteiger partial charge in [-0.15, -0.1) is 0 Å². The van der Waals surface area contributed by atoms with Crippen molar-refractivity contribution in [3.8, 4) is 0 Å². The van der Waals surface area contributed by atoms with E-state index in [1.165, 1.54) is 5.56 Å². The van der Waals surface area contributed by atoms with Gasteiger partial charge in [-0.1, -0.05) is 50.1 Å². The van der Waals surface area contributed by atoms with Gasteiger partial charge < -0.3 is 4.74 Å². The lowest BCUT2D eigenvalue weighted by Crippen LogP contribution is -2.56. The molecule has 98 valence electrons. The largest absolute Gasteiger partial charge is 0.462 e. The summed E-state index contributed by atoms with van der Waals surface area (Å²) in [6, 6.07) is 10.3. The molecule has 1 heterocycles. The first-order valence-corrected chi connectivity index (χ1v) is 6.65. The van der Waals surface area contributed by atoms with E-state index in [1.54, 1.807) is 0 Å². The van der Waals surface area contributed by atoms with Crippen molar-refractivity contribution < 1.29 is 9.53 Å². The third-order valence-corrected chi connectivity index (χ3v) is 3.56. The number of carbonyl (C=O) groups is 1. The lowest BCUT2D eigenvalue weighted by atomic mass is 9.91. The first-order valence-electron chi connectivity index (χ1n) is 6.65. The molecule has 18 heavy (non-hydrogen) atoms. The maximum absolute atomic E-state index is 11.9. The van der Waals surface area contributed by atoms with Crippen LogP contribution in [0.3, 0.4) is 0 Å². The third-order valence-electron chi connectivity index (χ3n) is 3.56. The molecule has 0 saturated carbocycles. The Hall–Kier alpha value is -1.35. The number of unbranched alkanes of at least 4 members (excludes halogenated alkanes) is 1. The van der Waals surface area contributed by atoms with Crippen molar-refractivity contribution in [2.45, 2.75) is 44.7 Å². The molecule has 1 aromatic carbocycles. The Morgan fingerprint density at radius 1 is 1.39 bits per heavy atom. The van der Waals surface area contributed by atoms with E-state index in [1.807, 2.05) is 25.1 Å². The van der Waals surface area contributed by atoms with Gasteiger partial charge >= 0.3 is 5.97 Å². The van der Waals surface area contributed by atoms with Crippen molar-refractivity contribution >= 4 is 5.97 Å². The summed E-state index contributed by atoms with van der Waals surface area (Å²) < 4.78 is 5.36. The Labute approximate surface area is 109 Å². The van der Waals surface area contributed by atoms with Crippen molar-refractivity contribution in [3.63, 3.8) is 0 Å². The summed E-state index contributed by atoms with van der Waals surface area (Å²) in [6.45, 7) is 4.50. The minimum Gasteiger partial charge on any atom is -0.462 e. The van der Waals surface area contributed by atoms with E-state index in [4.69, 9.17) is 4.74 Å². The van der Waals surface area contributed by atoms with Crippen molar-refractivity contribution in [3.05, 3.63) is 35.9 Å². The van der Waals surface area contributed by atoms with Crippen LogP contribution in [0.1, 0.15) is 44.7 Å². The van der Waals surface area contributed by atoms with Crippen molar-refractivity contribution in [1.29, 1.82) is 0 Å². The monoisotopic (exact) mass is 247 g/mol. The quantitative estimate of drug-likeness (QED) is 0.831. The number of hydrogen-bond acceptors (Lipinski definition) is 3. The first-order chi connectivity index (χ1) is 8.65. The van der Waals surface area contributed by atoms with Crippen LogP contribution in [-0.4, -0.2) is 18.1 Å². The summed E-state index contributed by atoms with van der Waals surface area (Å²) >= 11 is 0. The van der Waals surface area contributed by atoms with Crippen molar-refractivity contribution in [2.24, 2.45) is 0 Å². The highest BCUT2D eigenvalue weighted by molar-refractivity contribution is 5.81. The second-order valence-corrected chi connectivity index (χ2v) is 5.14. The molecule has 1 aliphatic rings. The highest BCUT2D eigenvalue weighted by Crippen LogP contribution is 2.27. The fourth-order valence-electron chi connectivity index (χ4n) is 2.37. The van der Waals surface area contributed by atoms with E-state index >= 15 is 0 Å². The number of esters is 1. The summed E-state index contributed by atoms with van der Waals surface area (Å²) in [7, 11) is 0. The molecule has 1 saturated heterocycles.